The van der Waals surface area contributed by atoms with Gasteiger partial charge in [-0.15, -0.1) is 11.3 Å². The van der Waals surface area contributed by atoms with Crippen LogP contribution in [0.1, 0.15) is 34.6 Å². The zero-order valence-corrected chi connectivity index (χ0v) is 17.8. The third-order valence-electron chi connectivity index (χ3n) is 4.85. The minimum atomic E-state index is -0.307. The van der Waals surface area contributed by atoms with Crippen LogP contribution in [0.3, 0.4) is 0 Å². The minimum absolute atomic E-state index is 0.0658. The highest BCUT2D eigenvalue weighted by molar-refractivity contribution is 7.20. The predicted molar refractivity (Wildman–Crippen MR) is 116 cm³/mol. The second kappa shape index (κ2) is 8.57. The van der Waals surface area contributed by atoms with E-state index < -0.39 is 0 Å². The number of nitrogens with one attached hydrogen (secondary N) is 1. The van der Waals surface area contributed by atoms with Crippen molar-refractivity contribution in [2.24, 2.45) is 0 Å². The van der Waals surface area contributed by atoms with E-state index in [4.69, 9.17) is 0 Å². The molecule has 0 saturated heterocycles. The van der Waals surface area contributed by atoms with Gasteiger partial charge in [0.1, 0.15) is 11.4 Å². The van der Waals surface area contributed by atoms with Crippen molar-refractivity contribution >= 4 is 39.1 Å². The fraction of sp³-hybridized carbons (Fsp3) is 0.333. The predicted octanol–water partition coefficient (Wildman–Crippen LogP) is 3.20. The van der Waals surface area contributed by atoms with Gasteiger partial charge in [-0.1, -0.05) is 17.7 Å². The summed E-state index contributed by atoms with van der Waals surface area (Å²) in [5.41, 5.74) is 2.06. The molecule has 0 saturated carbocycles. The summed E-state index contributed by atoms with van der Waals surface area (Å²) in [5.74, 6) is -0.414. The standard InChI is InChI=1S/C21H24N4O3S/c1-5-24(6-2)16(26)11-25-12-22-20-17(21(25)28)14(4)18(29-20)19(27)23-15-9-7-13(3)8-10-15/h7-10,12H,5-6,11H2,1-4H3,(H,23,27). The molecule has 2 heterocycles. The molecule has 152 valence electrons. The van der Waals surface area contributed by atoms with Crippen LogP contribution in [0, 0.1) is 13.8 Å². The summed E-state index contributed by atoms with van der Waals surface area (Å²) in [6.07, 6.45) is 1.38. The molecule has 2 aromatic heterocycles. The average Bonchev–Trinajstić information content (AvgIpc) is 3.04. The van der Waals surface area contributed by atoms with Crippen molar-refractivity contribution in [1.29, 1.82) is 0 Å². The molecule has 1 N–H and O–H groups in total. The number of thiophene rings is 1. The quantitative estimate of drug-likeness (QED) is 0.674. The fourth-order valence-electron chi connectivity index (χ4n) is 3.14. The molecule has 3 aromatic rings. The van der Waals surface area contributed by atoms with Gasteiger partial charge in [-0.25, -0.2) is 4.98 Å². The van der Waals surface area contributed by atoms with E-state index in [1.54, 1.807) is 11.8 Å². The number of carbonyl (C=O) groups is 2. The van der Waals surface area contributed by atoms with Gasteiger partial charge >= 0.3 is 0 Å². The second-order valence-electron chi connectivity index (χ2n) is 6.80. The summed E-state index contributed by atoms with van der Waals surface area (Å²) < 4.78 is 1.31. The summed E-state index contributed by atoms with van der Waals surface area (Å²) in [5, 5.41) is 3.25. The third kappa shape index (κ3) is 4.22. The van der Waals surface area contributed by atoms with E-state index >= 15 is 0 Å². The lowest BCUT2D eigenvalue weighted by molar-refractivity contribution is -0.131. The molecule has 2 amide bonds. The molecule has 8 heteroatoms. The van der Waals surface area contributed by atoms with Crippen LogP contribution in [0.25, 0.3) is 10.2 Å². The number of amides is 2. The summed E-state index contributed by atoms with van der Waals surface area (Å²) >= 11 is 1.18. The molecule has 0 atom stereocenters. The number of benzene rings is 1. The van der Waals surface area contributed by atoms with Crippen LogP contribution in [0.5, 0.6) is 0 Å². The van der Waals surface area contributed by atoms with Gasteiger partial charge in [0.15, 0.2) is 0 Å². The lowest BCUT2D eigenvalue weighted by atomic mass is 10.2. The van der Waals surface area contributed by atoms with E-state index in [2.05, 4.69) is 10.3 Å². The van der Waals surface area contributed by atoms with Crippen LogP contribution in [-0.2, 0) is 11.3 Å². The van der Waals surface area contributed by atoms with Gasteiger partial charge in [-0.05, 0) is 45.4 Å². The van der Waals surface area contributed by atoms with Crippen LogP contribution in [0.2, 0.25) is 0 Å². The molecule has 3 rings (SSSR count). The summed E-state index contributed by atoms with van der Waals surface area (Å²) in [7, 11) is 0. The van der Waals surface area contributed by atoms with E-state index in [1.807, 2.05) is 45.0 Å². The number of aromatic nitrogens is 2. The highest BCUT2D eigenvalue weighted by atomic mass is 32.1. The molecular formula is C21H24N4O3S. The van der Waals surface area contributed by atoms with Crippen molar-refractivity contribution in [1.82, 2.24) is 14.5 Å². The van der Waals surface area contributed by atoms with E-state index in [9.17, 15) is 14.4 Å². The van der Waals surface area contributed by atoms with Gasteiger partial charge < -0.3 is 10.2 Å². The molecule has 0 spiro atoms. The Hall–Kier alpha value is -3.00. The maximum Gasteiger partial charge on any atom is 0.266 e. The van der Waals surface area contributed by atoms with Crippen LogP contribution in [0.15, 0.2) is 35.4 Å². The Morgan fingerprint density at radius 1 is 1.14 bits per heavy atom. The smallest absolute Gasteiger partial charge is 0.266 e. The van der Waals surface area contributed by atoms with E-state index in [0.717, 1.165) is 5.56 Å². The molecular weight excluding hydrogens is 388 g/mol. The van der Waals surface area contributed by atoms with Gasteiger partial charge in [-0.2, -0.15) is 0 Å². The van der Waals surface area contributed by atoms with E-state index in [1.165, 1.54) is 22.2 Å². The molecule has 29 heavy (non-hydrogen) atoms. The van der Waals surface area contributed by atoms with Crippen molar-refractivity contribution in [2.75, 3.05) is 18.4 Å². The van der Waals surface area contributed by atoms with Crippen molar-refractivity contribution in [3.63, 3.8) is 0 Å². The largest absolute Gasteiger partial charge is 0.342 e. The van der Waals surface area contributed by atoms with E-state index in [0.29, 0.717) is 39.4 Å². The molecule has 0 bridgehead atoms. The van der Waals surface area contributed by atoms with Crippen molar-refractivity contribution in [3.8, 4) is 0 Å². The number of hydrogen-bond donors (Lipinski definition) is 1. The Morgan fingerprint density at radius 3 is 2.41 bits per heavy atom. The Morgan fingerprint density at radius 2 is 1.79 bits per heavy atom. The molecule has 7 nitrogen and oxygen atoms in total. The SMILES string of the molecule is CCN(CC)C(=O)Cn1cnc2sc(C(=O)Nc3ccc(C)cc3)c(C)c2c1=O. The first kappa shape index (κ1) is 20.7. The second-order valence-corrected chi connectivity index (χ2v) is 7.80. The Kier molecular flexibility index (Phi) is 6.12. The van der Waals surface area contributed by atoms with Gasteiger partial charge in [0.2, 0.25) is 5.91 Å². The highest BCUT2D eigenvalue weighted by Gasteiger charge is 2.20. The van der Waals surface area contributed by atoms with Crippen LogP contribution < -0.4 is 10.9 Å². The zero-order valence-electron chi connectivity index (χ0n) is 17.0. The average molecular weight is 413 g/mol. The lowest BCUT2D eigenvalue weighted by Crippen LogP contribution is -2.36. The van der Waals surface area contributed by atoms with Crippen LogP contribution in [0.4, 0.5) is 5.69 Å². The number of fused-ring (bicyclic) bond motifs is 1. The first-order valence-electron chi connectivity index (χ1n) is 9.50. The maximum atomic E-state index is 12.9. The number of nitrogens with zero attached hydrogens (tertiary/aromatic N) is 3. The zero-order chi connectivity index (χ0) is 21.1. The topological polar surface area (TPSA) is 84.3 Å². The summed E-state index contributed by atoms with van der Waals surface area (Å²) in [4.78, 5) is 45.0. The Balaban J connectivity index is 1.92. The van der Waals surface area contributed by atoms with Crippen molar-refractivity contribution in [2.45, 2.75) is 34.2 Å². The normalized spacial score (nSPS) is 10.9. The molecule has 0 unspecified atom stereocenters. The van der Waals surface area contributed by atoms with Crippen LogP contribution >= 0.6 is 11.3 Å². The Labute approximate surface area is 173 Å². The number of carbonyl (C=O) groups excluding carboxylic acids is 2. The number of hydrogen-bond acceptors (Lipinski definition) is 5. The first-order chi connectivity index (χ1) is 13.8. The number of rotatable bonds is 6. The number of aryl methyl sites for hydroxylation is 2. The minimum Gasteiger partial charge on any atom is -0.342 e. The molecule has 0 aliphatic rings. The molecule has 0 aliphatic carbocycles. The maximum absolute atomic E-state index is 12.9. The molecule has 0 fully saturated rings. The van der Waals surface area contributed by atoms with Crippen molar-refractivity contribution in [3.05, 3.63) is 57.0 Å². The van der Waals surface area contributed by atoms with Gasteiger partial charge in [0.25, 0.3) is 11.5 Å². The third-order valence-corrected chi connectivity index (χ3v) is 6.05. The fourth-order valence-corrected chi connectivity index (χ4v) is 4.17. The summed E-state index contributed by atoms with van der Waals surface area (Å²) in [6, 6.07) is 7.50. The first-order valence-corrected chi connectivity index (χ1v) is 10.3. The summed E-state index contributed by atoms with van der Waals surface area (Å²) in [6.45, 7) is 8.61. The van der Waals surface area contributed by atoms with Gasteiger partial charge in [-0.3, -0.25) is 19.0 Å². The monoisotopic (exact) mass is 412 g/mol. The van der Waals surface area contributed by atoms with Gasteiger partial charge in [0.05, 0.1) is 16.6 Å². The van der Waals surface area contributed by atoms with Gasteiger partial charge in [0, 0.05) is 18.8 Å². The van der Waals surface area contributed by atoms with Crippen LogP contribution in [-0.4, -0.2) is 39.4 Å². The van der Waals surface area contributed by atoms with Crippen molar-refractivity contribution < 1.29 is 9.59 Å². The highest BCUT2D eigenvalue weighted by Crippen LogP contribution is 2.27. The lowest BCUT2D eigenvalue weighted by Gasteiger charge is -2.18. The van der Waals surface area contributed by atoms with E-state index in [-0.39, 0.29) is 23.9 Å². The molecule has 1 aromatic carbocycles. The number of anilines is 1. The Bertz CT molecular complexity index is 1110. The number of likely N-dealkylation sites (N-methyl/N-ethyl adjacent to an activating group) is 1. The molecule has 0 aliphatic heterocycles. The molecule has 0 radical (unpaired) electrons.